The molecule has 0 bridgehead atoms. The van der Waals surface area contributed by atoms with Gasteiger partial charge in [-0.1, -0.05) is 23.9 Å². The van der Waals surface area contributed by atoms with Gasteiger partial charge in [-0.2, -0.15) is 5.10 Å². The predicted octanol–water partition coefficient (Wildman–Crippen LogP) is 0.511. The van der Waals surface area contributed by atoms with Crippen LogP contribution >= 0.6 is 0 Å². The number of carbonyl (C=O) groups is 1. The third kappa shape index (κ3) is 2.90. The number of rotatable bonds is 6. The molecule has 1 amide bonds. The maximum Gasteiger partial charge on any atom is 0.319 e. The minimum Gasteiger partial charge on any atom is -0.301 e. The molecule has 2 aromatic heterocycles. The molecule has 0 aliphatic heterocycles. The summed E-state index contributed by atoms with van der Waals surface area (Å²) in [6.07, 6.45) is 0.964. The fraction of sp³-hybridized carbons (Fsp3) is 0.0769. The summed E-state index contributed by atoms with van der Waals surface area (Å²) in [5, 5.41) is 24.5. The van der Waals surface area contributed by atoms with E-state index < -0.39 is 16.5 Å². The topological polar surface area (TPSA) is 144 Å². The second-order valence-corrected chi connectivity index (χ2v) is 4.81. The van der Waals surface area contributed by atoms with Crippen molar-refractivity contribution in [2.45, 2.75) is 6.54 Å². The molecule has 0 saturated heterocycles. The summed E-state index contributed by atoms with van der Waals surface area (Å²) in [5.74, 6) is -0.733. The molecule has 0 aliphatic rings. The van der Waals surface area contributed by atoms with Gasteiger partial charge in [0.25, 0.3) is 5.91 Å². The smallest absolute Gasteiger partial charge is 0.301 e. The molecule has 3 rings (SSSR count). The van der Waals surface area contributed by atoms with Crippen LogP contribution in [-0.2, 0) is 6.54 Å². The first-order valence-corrected chi connectivity index (χ1v) is 6.76. The Bertz CT molecular complexity index is 928. The summed E-state index contributed by atoms with van der Waals surface area (Å²) in [5.41, 5.74) is 6.20. The summed E-state index contributed by atoms with van der Waals surface area (Å²) < 4.78 is 1.61. The maximum atomic E-state index is 11.9. The molecule has 24 heavy (non-hydrogen) atoms. The highest BCUT2D eigenvalue weighted by Gasteiger charge is 2.22. The normalized spacial score (nSPS) is 10.5. The first kappa shape index (κ1) is 15.1. The van der Waals surface area contributed by atoms with Gasteiger partial charge in [-0.15, -0.1) is 5.10 Å². The number of aromatic nitrogens is 5. The zero-order valence-corrected chi connectivity index (χ0v) is 12.3. The van der Waals surface area contributed by atoms with Crippen LogP contribution in [0.15, 0.2) is 42.7 Å². The number of aromatic amines is 1. The molecule has 0 spiro atoms. The van der Waals surface area contributed by atoms with Crippen LogP contribution in [0.25, 0.3) is 11.0 Å². The van der Waals surface area contributed by atoms with Gasteiger partial charge in [0, 0.05) is 5.70 Å². The Kier molecular flexibility index (Phi) is 3.89. The highest BCUT2D eigenvalue weighted by molar-refractivity contribution is 5.95. The van der Waals surface area contributed by atoms with Crippen LogP contribution < -0.4 is 10.9 Å². The Labute approximate surface area is 134 Å². The molecule has 2 heterocycles. The van der Waals surface area contributed by atoms with Gasteiger partial charge in [0.1, 0.15) is 11.7 Å². The van der Waals surface area contributed by atoms with E-state index in [-0.39, 0.29) is 12.2 Å². The third-order valence-electron chi connectivity index (χ3n) is 3.16. The number of benzene rings is 1. The lowest BCUT2D eigenvalue weighted by molar-refractivity contribution is -0.385. The number of nitrogens with one attached hydrogen (secondary N) is 3. The van der Waals surface area contributed by atoms with Crippen molar-refractivity contribution in [2.75, 3.05) is 0 Å². The van der Waals surface area contributed by atoms with Crippen molar-refractivity contribution in [3.8, 4) is 0 Å². The lowest BCUT2D eigenvalue weighted by atomic mass is 10.3. The maximum absolute atomic E-state index is 11.9. The molecule has 0 unspecified atom stereocenters. The number of hydrogen-bond acceptors (Lipinski definition) is 7. The lowest BCUT2D eigenvalue weighted by Gasteiger charge is -2.10. The van der Waals surface area contributed by atoms with Crippen LogP contribution in [0.4, 0.5) is 5.69 Å². The van der Waals surface area contributed by atoms with Crippen molar-refractivity contribution < 1.29 is 9.72 Å². The number of nitrogens with zero attached hydrogens (tertiary/aromatic N) is 5. The number of amides is 1. The Balaban J connectivity index is 1.62. The van der Waals surface area contributed by atoms with E-state index >= 15 is 0 Å². The fourth-order valence-corrected chi connectivity index (χ4v) is 2.05. The van der Waals surface area contributed by atoms with Crippen molar-refractivity contribution in [1.29, 1.82) is 0 Å². The molecule has 11 nitrogen and oxygen atoms in total. The molecule has 0 saturated carbocycles. The molecule has 3 aromatic rings. The zero-order chi connectivity index (χ0) is 17.1. The third-order valence-corrected chi connectivity index (χ3v) is 3.16. The van der Waals surface area contributed by atoms with Crippen molar-refractivity contribution in [3.63, 3.8) is 0 Å². The highest BCUT2D eigenvalue weighted by atomic mass is 16.6. The SMILES string of the molecule is C=C(Cn1nnc2ccccc21)NNC(=O)c1[nH]ncc1[N+](=O)[O-]. The van der Waals surface area contributed by atoms with Crippen LogP contribution in [0.5, 0.6) is 0 Å². The first-order valence-electron chi connectivity index (χ1n) is 6.76. The van der Waals surface area contributed by atoms with E-state index in [9.17, 15) is 14.9 Å². The number of nitro groups is 1. The Morgan fingerprint density at radius 2 is 2.17 bits per heavy atom. The minimum absolute atomic E-state index is 0.256. The Hall–Kier alpha value is -3.76. The molecule has 122 valence electrons. The fourth-order valence-electron chi connectivity index (χ4n) is 2.05. The van der Waals surface area contributed by atoms with E-state index in [1.807, 2.05) is 24.3 Å². The number of fused-ring (bicyclic) bond motifs is 1. The molecule has 0 radical (unpaired) electrons. The van der Waals surface area contributed by atoms with Crippen molar-refractivity contribution in [1.82, 2.24) is 36.0 Å². The van der Waals surface area contributed by atoms with Gasteiger partial charge in [0.2, 0.25) is 5.69 Å². The van der Waals surface area contributed by atoms with Crippen LogP contribution in [0.1, 0.15) is 10.5 Å². The summed E-state index contributed by atoms with van der Waals surface area (Å²) >= 11 is 0. The second-order valence-electron chi connectivity index (χ2n) is 4.81. The molecular weight excluding hydrogens is 316 g/mol. The zero-order valence-electron chi connectivity index (χ0n) is 12.3. The number of allylic oxidation sites excluding steroid dienone is 1. The summed E-state index contributed by atoms with van der Waals surface area (Å²) in [6, 6.07) is 7.40. The average molecular weight is 328 g/mol. The predicted molar refractivity (Wildman–Crippen MR) is 82.5 cm³/mol. The van der Waals surface area contributed by atoms with Crippen molar-refractivity contribution >= 4 is 22.6 Å². The van der Waals surface area contributed by atoms with Gasteiger partial charge in [0.15, 0.2) is 0 Å². The minimum atomic E-state index is -0.733. The van der Waals surface area contributed by atoms with E-state index in [4.69, 9.17) is 0 Å². The second kappa shape index (κ2) is 6.16. The molecule has 11 heteroatoms. The monoisotopic (exact) mass is 328 g/mol. The van der Waals surface area contributed by atoms with Gasteiger partial charge < -0.3 is 5.43 Å². The number of carbonyl (C=O) groups excluding carboxylic acids is 1. The van der Waals surface area contributed by atoms with Crippen LogP contribution in [-0.4, -0.2) is 36.0 Å². The van der Waals surface area contributed by atoms with Gasteiger partial charge in [-0.25, -0.2) is 4.68 Å². The highest BCUT2D eigenvalue weighted by Crippen LogP contribution is 2.14. The molecule has 1 aromatic carbocycles. The lowest BCUT2D eigenvalue weighted by Crippen LogP contribution is -2.38. The molecule has 0 fully saturated rings. The number of H-pyrrole nitrogens is 1. The van der Waals surface area contributed by atoms with Crippen LogP contribution in [0.2, 0.25) is 0 Å². The number of hydrazine groups is 1. The van der Waals surface area contributed by atoms with Gasteiger partial charge >= 0.3 is 5.69 Å². The molecular formula is C13H12N8O3. The van der Waals surface area contributed by atoms with Crippen LogP contribution in [0.3, 0.4) is 0 Å². The van der Waals surface area contributed by atoms with Crippen LogP contribution in [0, 0.1) is 10.1 Å². The van der Waals surface area contributed by atoms with E-state index in [1.165, 1.54) is 0 Å². The summed E-state index contributed by atoms with van der Waals surface area (Å²) in [4.78, 5) is 22.0. The Morgan fingerprint density at radius 3 is 2.96 bits per heavy atom. The van der Waals surface area contributed by atoms with E-state index in [1.54, 1.807) is 4.68 Å². The average Bonchev–Trinajstić information content (AvgIpc) is 3.20. The van der Waals surface area contributed by atoms with E-state index in [0.29, 0.717) is 5.70 Å². The quantitative estimate of drug-likeness (QED) is 0.441. The number of para-hydroxylation sites is 1. The largest absolute Gasteiger partial charge is 0.319 e. The van der Waals surface area contributed by atoms with Crippen molar-refractivity contribution in [2.24, 2.45) is 0 Å². The van der Waals surface area contributed by atoms with Crippen molar-refractivity contribution in [3.05, 3.63) is 58.5 Å². The molecule has 0 atom stereocenters. The van der Waals surface area contributed by atoms with E-state index in [0.717, 1.165) is 17.2 Å². The van der Waals surface area contributed by atoms with E-state index in [2.05, 4.69) is 37.9 Å². The standard InChI is InChI=1S/C13H12N8O3/c1-8(7-20-10-5-3-2-4-9(10)16-19-20)15-18-13(22)12-11(21(23)24)6-14-17-12/h2-6,15H,1,7H2,(H,14,17)(H,18,22). The van der Waals surface area contributed by atoms with Gasteiger partial charge in [0.05, 0.1) is 17.0 Å². The Morgan fingerprint density at radius 1 is 1.38 bits per heavy atom. The molecule has 3 N–H and O–H groups in total. The number of hydrogen-bond donors (Lipinski definition) is 3. The summed E-state index contributed by atoms with van der Waals surface area (Å²) in [6.45, 7) is 4.03. The first-order chi connectivity index (χ1) is 11.6. The van der Waals surface area contributed by atoms with Gasteiger partial charge in [-0.3, -0.25) is 25.4 Å². The summed E-state index contributed by atoms with van der Waals surface area (Å²) in [7, 11) is 0. The molecule has 0 aliphatic carbocycles. The van der Waals surface area contributed by atoms with Gasteiger partial charge in [-0.05, 0) is 12.1 Å².